The van der Waals surface area contributed by atoms with E-state index in [1.165, 1.54) is 6.42 Å². The minimum Gasteiger partial charge on any atom is -0.472 e. The molecule has 0 spiro atoms. The van der Waals surface area contributed by atoms with Crippen LogP contribution in [0.5, 0.6) is 0 Å². The SMILES string of the molecule is CN(Cc1ccoc1)C(=O)Cn1nccc1C1CCCNC1.Cl. The van der Waals surface area contributed by atoms with E-state index in [2.05, 4.69) is 10.4 Å². The summed E-state index contributed by atoms with van der Waals surface area (Å²) in [6, 6.07) is 3.90. The highest BCUT2D eigenvalue weighted by Gasteiger charge is 2.20. The van der Waals surface area contributed by atoms with Crippen LogP contribution in [0.2, 0.25) is 0 Å². The lowest BCUT2D eigenvalue weighted by Gasteiger charge is -2.24. The van der Waals surface area contributed by atoms with Crippen LogP contribution in [0.3, 0.4) is 0 Å². The van der Waals surface area contributed by atoms with Crippen LogP contribution in [0.25, 0.3) is 0 Å². The Morgan fingerprint density at radius 2 is 2.39 bits per heavy atom. The smallest absolute Gasteiger partial charge is 0.244 e. The summed E-state index contributed by atoms with van der Waals surface area (Å²) in [5.74, 6) is 0.498. The Kier molecular flexibility index (Phi) is 6.24. The molecule has 1 atom stereocenters. The van der Waals surface area contributed by atoms with Gasteiger partial charge in [0.25, 0.3) is 0 Å². The monoisotopic (exact) mass is 338 g/mol. The zero-order valence-electron chi connectivity index (χ0n) is 13.3. The number of hydrogen-bond acceptors (Lipinski definition) is 4. The van der Waals surface area contributed by atoms with Crippen LogP contribution in [0.1, 0.15) is 30.0 Å². The molecule has 0 aliphatic carbocycles. The zero-order valence-corrected chi connectivity index (χ0v) is 14.1. The first-order chi connectivity index (χ1) is 10.7. The Labute approximate surface area is 142 Å². The van der Waals surface area contributed by atoms with Crippen LogP contribution in [0.4, 0.5) is 0 Å². The number of carbonyl (C=O) groups excluding carboxylic acids is 1. The van der Waals surface area contributed by atoms with Gasteiger partial charge in [-0.2, -0.15) is 5.10 Å². The summed E-state index contributed by atoms with van der Waals surface area (Å²) in [6.07, 6.45) is 7.39. The lowest BCUT2D eigenvalue weighted by Crippen LogP contribution is -2.33. The van der Waals surface area contributed by atoms with Crippen LogP contribution in [-0.2, 0) is 17.9 Å². The van der Waals surface area contributed by atoms with E-state index in [-0.39, 0.29) is 24.9 Å². The Hall–Kier alpha value is -1.79. The first kappa shape index (κ1) is 17.6. The van der Waals surface area contributed by atoms with E-state index in [0.717, 1.165) is 30.8 Å². The molecule has 126 valence electrons. The molecule has 0 aromatic carbocycles. The highest BCUT2D eigenvalue weighted by molar-refractivity contribution is 5.85. The summed E-state index contributed by atoms with van der Waals surface area (Å²) >= 11 is 0. The summed E-state index contributed by atoms with van der Waals surface area (Å²) in [6.45, 7) is 2.88. The molecule has 1 amide bonds. The van der Waals surface area contributed by atoms with Crippen LogP contribution < -0.4 is 5.32 Å². The van der Waals surface area contributed by atoms with Crippen LogP contribution in [-0.4, -0.2) is 40.7 Å². The van der Waals surface area contributed by atoms with E-state index in [1.807, 2.05) is 16.8 Å². The molecule has 2 aromatic rings. The minimum atomic E-state index is 0. The molecule has 3 rings (SSSR count). The average molecular weight is 339 g/mol. The van der Waals surface area contributed by atoms with E-state index >= 15 is 0 Å². The Balaban J connectivity index is 0.00000192. The number of rotatable bonds is 5. The number of halogens is 1. The first-order valence-corrected chi connectivity index (χ1v) is 7.71. The number of nitrogens with zero attached hydrogens (tertiary/aromatic N) is 3. The maximum Gasteiger partial charge on any atom is 0.244 e. The lowest BCUT2D eigenvalue weighted by molar-refractivity contribution is -0.131. The summed E-state index contributed by atoms with van der Waals surface area (Å²) in [5.41, 5.74) is 2.14. The second kappa shape index (κ2) is 8.17. The standard InChI is InChI=1S/C16H22N4O2.ClH/c1-19(10-13-5-8-22-12-13)16(21)11-20-15(4-7-18-20)14-3-2-6-17-9-14;/h4-5,7-8,12,14,17H,2-3,6,9-11H2,1H3;1H. The molecule has 1 aliphatic rings. The van der Waals surface area contributed by atoms with Crippen molar-refractivity contribution in [2.75, 3.05) is 20.1 Å². The van der Waals surface area contributed by atoms with Gasteiger partial charge in [-0.05, 0) is 31.5 Å². The molecule has 0 radical (unpaired) electrons. The van der Waals surface area contributed by atoms with Crippen molar-refractivity contribution in [1.82, 2.24) is 20.0 Å². The molecular weight excluding hydrogens is 316 g/mol. The maximum atomic E-state index is 12.4. The normalized spacial score (nSPS) is 17.5. The second-order valence-electron chi connectivity index (χ2n) is 5.84. The Morgan fingerprint density at radius 1 is 1.52 bits per heavy atom. The van der Waals surface area contributed by atoms with E-state index < -0.39 is 0 Å². The van der Waals surface area contributed by atoms with Gasteiger partial charge in [0.2, 0.25) is 5.91 Å². The summed E-state index contributed by atoms with van der Waals surface area (Å²) in [7, 11) is 1.81. The molecule has 1 aliphatic heterocycles. The maximum absolute atomic E-state index is 12.4. The number of aromatic nitrogens is 2. The number of nitrogens with one attached hydrogen (secondary N) is 1. The number of furan rings is 1. The van der Waals surface area contributed by atoms with Gasteiger partial charge >= 0.3 is 0 Å². The van der Waals surface area contributed by atoms with Gasteiger partial charge < -0.3 is 14.6 Å². The van der Waals surface area contributed by atoms with Gasteiger partial charge in [0.05, 0.1) is 12.5 Å². The fourth-order valence-electron chi connectivity index (χ4n) is 2.92. The quantitative estimate of drug-likeness (QED) is 0.906. The molecular formula is C16H23ClN4O2. The lowest BCUT2D eigenvalue weighted by atomic mass is 9.96. The van der Waals surface area contributed by atoms with E-state index in [1.54, 1.807) is 30.7 Å². The Bertz CT molecular complexity index is 605. The molecule has 1 N–H and O–H groups in total. The van der Waals surface area contributed by atoms with Gasteiger partial charge in [-0.25, -0.2) is 0 Å². The molecule has 0 saturated carbocycles. The zero-order chi connectivity index (χ0) is 15.4. The van der Waals surface area contributed by atoms with E-state index in [4.69, 9.17) is 4.42 Å². The van der Waals surface area contributed by atoms with Gasteiger partial charge in [-0.15, -0.1) is 12.4 Å². The third kappa shape index (κ3) is 4.36. The molecule has 7 heteroatoms. The number of likely N-dealkylation sites (N-methyl/N-ethyl adjacent to an activating group) is 1. The third-order valence-corrected chi connectivity index (χ3v) is 4.18. The van der Waals surface area contributed by atoms with Crippen molar-refractivity contribution in [2.45, 2.75) is 31.8 Å². The molecule has 2 aromatic heterocycles. The van der Waals surface area contributed by atoms with Crippen molar-refractivity contribution in [3.8, 4) is 0 Å². The summed E-state index contributed by atoms with van der Waals surface area (Å²) < 4.78 is 6.88. The second-order valence-corrected chi connectivity index (χ2v) is 5.84. The molecule has 0 bridgehead atoms. The van der Waals surface area contributed by atoms with Crippen molar-refractivity contribution in [1.29, 1.82) is 0 Å². The number of carbonyl (C=O) groups is 1. The van der Waals surface area contributed by atoms with Crippen LogP contribution in [0, 0.1) is 0 Å². The van der Waals surface area contributed by atoms with Gasteiger partial charge in [0.15, 0.2) is 0 Å². The predicted molar refractivity (Wildman–Crippen MR) is 89.5 cm³/mol. The molecule has 1 fully saturated rings. The summed E-state index contributed by atoms with van der Waals surface area (Å²) in [5, 5.41) is 7.74. The topological polar surface area (TPSA) is 63.3 Å². The van der Waals surface area contributed by atoms with Crippen molar-refractivity contribution >= 4 is 18.3 Å². The Morgan fingerprint density at radius 3 is 3.09 bits per heavy atom. The molecule has 23 heavy (non-hydrogen) atoms. The average Bonchev–Trinajstić information content (AvgIpc) is 3.19. The number of amides is 1. The van der Waals surface area contributed by atoms with Crippen LogP contribution in [0.15, 0.2) is 35.3 Å². The number of piperidine rings is 1. The highest BCUT2D eigenvalue weighted by atomic mass is 35.5. The molecule has 6 nitrogen and oxygen atoms in total. The van der Waals surface area contributed by atoms with Gasteiger partial charge in [0.1, 0.15) is 6.54 Å². The van der Waals surface area contributed by atoms with Crippen molar-refractivity contribution < 1.29 is 9.21 Å². The van der Waals surface area contributed by atoms with Crippen LogP contribution >= 0.6 is 12.4 Å². The van der Waals surface area contributed by atoms with Gasteiger partial charge in [-0.3, -0.25) is 9.48 Å². The highest BCUT2D eigenvalue weighted by Crippen LogP contribution is 2.22. The fraction of sp³-hybridized carbons (Fsp3) is 0.500. The third-order valence-electron chi connectivity index (χ3n) is 4.18. The van der Waals surface area contributed by atoms with Gasteiger partial charge in [-0.1, -0.05) is 0 Å². The summed E-state index contributed by atoms with van der Waals surface area (Å²) in [4.78, 5) is 14.1. The van der Waals surface area contributed by atoms with E-state index in [9.17, 15) is 4.79 Å². The minimum absolute atomic E-state index is 0. The predicted octanol–water partition coefficient (Wildman–Crippen LogP) is 2.02. The van der Waals surface area contributed by atoms with Crippen molar-refractivity contribution in [3.05, 3.63) is 42.1 Å². The van der Waals surface area contributed by atoms with Gasteiger partial charge in [0, 0.05) is 43.5 Å². The first-order valence-electron chi connectivity index (χ1n) is 7.71. The fourth-order valence-corrected chi connectivity index (χ4v) is 2.92. The van der Waals surface area contributed by atoms with Crippen molar-refractivity contribution in [3.63, 3.8) is 0 Å². The molecule has 1 unspecified atom stereocenters. The largest absolute Gasteiger partial charge is 0.472 e. The van der Waals surface area contributed by atoms with Crippen molar-refractivity contribution in [2.24, 2.45) is 0 Å². The molecule has 1 saturated heterocycles. The number of hydrogen-bond donors (Lipinski definition) is 1. The molecule has 3 heterocycles. The van der Waals surface area contributed by atoms with E-state index in [0.29, 0.717) is 12.5 Å².